The number of hydrogen-bond donors (Lipinski definition) is 0. The van der Waals surface area contributed by atoms with E-state index in [-0.39, 0.29) is 0 Å². The Labute approximate surface area is 119 Å². The SMILES string of the molecule is Cn1ncc2c(N3CC[C@H]4CCCC[C@H]4C3)ncnc21. The summed E-state index contributed by atoms with van der Waals surface area (Å²) in [6.45, 7) is 2.29. The van der Waals surface area contributed by atoms with Gasteiger partial charge in [0.1, 0.15) is 12.1 Å². The minimum atomic E-state index is 0.860. The summed E-state index contributed by atoms with van der Waals surface area (Å²) in [5, 5.41) is 5.41. The standard InChI is InChI=1S/C15H21N5/c1-19-14-13(8-18-19)15(17-10-16-14)20-7-6-11-4-2-3-5-12(11)9-20/h8,10-12H,2-7,9H2,1H3/t11-,12+/m1/s1. The number of aromatic nitrogens is 4. The van der Waals surface area contributed by atoms with Crippen LogP contribution in [0.25, 0.3) is 11.0 Å². The van der Waals surface area contributed by atoms with Gasteiger partial charge < -0.3 is 4.90 Å². The van der Waals surface area contributed by atoms with Gasteiger partial charge in [0.05, 0.1) is 11.6 Å². The van der Waals surface area contributed by atoms with Crippen LogP contribution in [0.3, 0.4) is 0 Å². The molecular formula is C15H21N5. The average molecular weight is 271 g/mol. The highest BCUT2D eigenvalue weighted by Gasteiger charge is 2.32. The molecule has 5 nitrogen and oxygen atoms in total. The predicted molar refractivity (Wildman–Crippen MR) is 78.6 cm³/mol. The van der Waals surface area contributed by atoms with Crippen LogP contribution in [0, 0.1) is 11.8 Å². The molecule has 0 unspecified atom stereocenters. The van der Waals surface area contributed by atoms with Gasteiger partial charge in [0, 0.05) is 20.1 Å². The number of anilines is 1. The molecule has 2 fully saturated rings. The van der Waals surface area contributed by atoms with E-state index >= 15 is 0 Å². The van der Waals surface area contributed by atoms with Crippen molar-refractivity contribution in [3.05, 3.63) is 12.5 Å². The van der Waals surface area contributed by atoms with E-state index < -0.39 is 0 Å². The molecule has 1 aliphatic carbocycles. The molecule has 2 aliphatic rings. The van der Waals surface area contributed by atoms with E-state index in [1.165, 1.54) is 32.1 Å². The van der Waals surface area contributed by atoms with E-state index in [1.54, 1.807) is 6.33 Å². The van der Waals surface area contributed by atoms with Gasteiger partial charge in [-0.1, -0.05) is 19.3 Å². The molecule has 2 atom stereocenters. The van der Waals surface area contributed by atoms with Crippen LogP contribution >= 0.6 is 0 Å². The van der Waals surface area contributed by atoms with Gasteiger partial charge in [-0.2, -0.15) is 5.10 Å². The number of aryl methyl sites for hydroxylation is 1. The molecule has 2 aromatic heterocycles. The fourth-order valence-electron chi connectivity index (χ4n) is 3.99. The minimum absolute atomic E-state index is 0.860. The average Bonchev–Trinajstić information content (AvgIpc) is 2.88. The first-order valence-corrected chi connectivity index (χ1v) is 7.70. The lowest BCUT2D eigenvalue weighted by molar-refractivity contribution is 0.202. The lowest BCUT2D eigenvalue weighted by atomic mass is 9.75. The number of hydrogen-bond acceptors (Lipinski definition) is 4. The molecule has 0 bridgehead atoms. The van der Waals surface area contributed by atoms with Crippen molar-refractivity contribution in [1.29, 1.82) is 0 Å². The maximum absolute atomic E-state index is 4.54. The quantitative estimate of drug-likeness (QED) is 0.799. The second kappa shape index (κ2) is 4.72. The van der Waals surface area contributed by atoms with Crippen molar-refractivity contribution in [2.24, 2.45) is 18.9 Å². The third-order valence-corrected chi connectivity index (χ3v) is 5.10. The Kier molecular flexibility index (Phi) is 2.86. The number of piperidine rings is 1. The zero-order chi connectivity index (χ0) is 13.5. The summed E-state index contributed by atoms with van der Waals surface area (Å²) in [4.78, 5) is 11.3. The first kappa shape index (κ1) is 12.1. The summed E-state index contributed by atoms with van der Waals surface area (Å²) in [7, 11) is 1.94. The van der Waals surface area contributed by atoms with Crippen molar-refractivity contribution < 1.29 is 0 Å². The van der Waals surface area contributed by atoms with Gasteiger partial charge in [0.25, 0.3) is 0 Å². The summed E-state index contributed by atoms with van der Waals surface area (Å²) >= 11 is 0. The van der Waals surface area contributed by atoms with Crippen LogP contribution in [0.5, 0.6) is 0 Å². The van der Waals surface area contributed by atoms with Gasteiger partial charge in [-0.25, -0.2) is 9.97 Å². The lowest BCUT2D eigenvalue weighted by Crippen LogP contribution is -2.42. The molecule has 3 heterocycles. The zero-order valence-corrected chi connectivity index (χ0v) is 12.0. The fraction of sp³-hybridized carbons (Fsp3) is 0.667. The van der Waals surface area contributed by atoms with Gasteiger partial charge >= 0.3 is 0 Å². The van der Waals surface area contributed by atoms with Gasteiger partial charge in [-0.15, -0.1) is 0 Å². The Morgan fingerprint density at radius 3 is 2.85 bits per heavy atom. The monoisotopic (exact) mass is 271 g/mol. The Bertz CT molecular complexity index is 620. The van der Waals surface area contributed by atoms with Crippen LogP contribution in [-0.2, 0) is 7.05 Å². The molecule has 20 heavy (non-hydrogen) atoms. The molecule has 0 aromatic carbocycles. The maximum atomic E-state index is 4.54. The van der Waals surface area contributed by atoms with E-state index in [0.29, 0.717) is 0 Å². The molecule has 4 rings (SSSR count). The zero-order valence-electron chi connectivity index (χ0n) is 12.0. The summed E-state index contributed by atoms with van der Waals surface area (Å²) in [6, 6.07) is 0. The smallest absolute Gasteiger partial charge is 0.163 e. The molecule has 0 radical (unpaired) electrons. The fourth-order valence-corrected chi connectivity index (χ4v) is 3.99. The Morgan fingerprint density at radius 1 is 1.10 bits per heavy atom. The highest BCUT2D eigenvalue weighted by atomic mass is 15.3. The minimum Gasteiger partial charge on any atom is -0.356 e. The third-order valence-electron chi connectivity index (χ3n) is 5.10. The largest absolute Gasteiger partial charge is 0.356 e. The van der Waals surface area contributed by atoms with Crippen molar-refractivity contribution in [2.75, 3.05) is 18.0 Å². The predicted octanol–water partition coefficient (Wildman–Crippen LogP) is 2.38. The Hall–Kier alpha value is -1.65. The van der Waals surface area contributed by atoms with Crippen molar-refractivity contribution in [1.82, 2.24) is 19.7 Å². The molecule has 5 heteroatoms. The van der Waals surface area contributed by atoms with Crippen LogP contribution in [0.2, 0.25) is 0 Å². The number of rotatable bonds is 1. The van der Waals surface area contributed by atoms with Crippen LogP contribution in [-0.4, -0.2) is 32.8 Å². The summed E-state index contributed by atoms with van der Waals surface area (Å²) < 4.78 is 1.83. The molecule has 106 valence electrons. The summed E-state index contributed by atoms with van der Waals surface area (Å²) in [6.07, 6.45) is 10.6. The summed E-state index contributed by atoms with van der Waals surface area (Å²) in [5.74, 6) is 2.89. The highest BCUT2D eigenvalue weighted by Crippen LogP contribution is 2.38. The third kappa shape index (κ3) is 1.87. The molecule has 0 N–H and O–H groups in total. The van der Waals surface area contributed by atoms with Crippen molar-refractivity contribution >= 4 is 16.9 Å². The van der Waals surface area contributed by atoms with E-state index in [9.17, 15) is 0 Å². The molecular weight excluding hydrogens is 250 g/mol. The van der Waals surface area contributed by atoms with Crippen LogP contribution in [0.4, 0.5) is 5.82 Å². The van der Waals surface area contributed by atoms with Crippen molar-refractivity contribution in [3.8, 4) is 0 Å². The van der Waals surface area contributed by atoms with E-state index in [4.69, 9.17) is 0 Å². The van der Waals surface area contributed by atoms with Gasteiger partial charge in [0.2, 0.25) is 0 Å². The Morgan fingerprint density at radius 2 is 1.95 bits per heavy atom. The van der Waals surface area contributed by atoms with Crippen molar-refractivity contribution in [2.45, 2.75) is 32.1 Å². The number of fused-ring (bicyclic) bond motifs is 2. The van der Waals surface area contributed by atoms with Crippen LogP contribution in [0.15, 0.2) is 12.5 Å². The van der Waals surface area contributed by atoms with Crippen LogP contribution < -0.4 is 4.90 Å². The molecule has 1 aliphatic heterocycles. The topological polar surface area (TPSA) is 46.8 Å². The molecule has 0 amide bonds. The summed E-state index contributed by atoms with van der Waals surface area (Å²) in [5.41, 5.74) is 0.931. The maximum Gasteiger partial charge on any atom is 0.163 e. The molecule has 1 saturated carbocycles. The second-order valence-corrected chi connectivity index (χ2v) is 6.24. The van der Waals surface area contributed by atoms with E-state index in [0.717, 1.165) is 41.8 Å². The second-order valence-electron chi connectivity index (χ2n) is 6.24. The van der Waals surface area contributed by atoms with E-state index in [2.05, 4.69) is 20.0 Å². The lowest BCUT2D eigenvalue weighted by Gasteiger charge is -2.41. The first-order chi connectivity index (χ1) is 9.83. The molecule has 0 spiro atoms. The number of nitrogens with zero attached hydrogens (tertiary/aromatic N) is 5. The first-order valence-electron chi connectivity index (χ1n) is 7.70. The van der Waals surface area contributed by atoms with E-state index in [1.807, 2.05) is 17.9 Å². The molecule has 1 saturated heterocycles. The highest BCUT2D eigenvalue weighted by molar-refractivity contribution is 5.86. The molecule has 2 aromatic rings. The van der Waals surface area contributed by atoms with Crippen molar-refractivity contribution in [3.63, 3.8) is 0 Å². The van der Waals surface area contributed by atoms with Gasteiger partial charge in [0.15, 0.2) is 5.65 Å². The van der Waals surface area contributed by atoms with Crippen LogP contribution in [0.1, 0.15) is 32.1 Å². The van der Waals surface area contributed by atoms with Gasteiger partial charge in [-0.05, 0) is 24.7 Å². The normalized spacial score (nSPS) is 26.8. The Balaban J connectivity index is 1.66. The van der Waals surface area contributed by atoms with Gasteiger partial charge in [-0.3, -0.25) is 4.68 Å².